The third-order valence-electron chi connectivity index (χ3n) is 2.73. The van der Waals surface area contributed by atoms with Crippen LogP contribution in [0.4, 0.5) is 23.0 Å². The van der Waals surface area contributed by atoms with Gasteiger partial charge in [-0.15, -0.1) is 0 Å². The maximum Gasteiger partial charge on any atom is 0.311 e. The Kier molecular flexibility index (Phi) is 3.48. The van der Waals surface area contributed by atoms with Gasteiger partial charge in [0.05, 0.1) is 16.6 Å². The summed E-state index contributed by atoms with van der Waals surface area (Å²) in [6, 6.07) is 9.98. The largest absolute Gasteiger partial charge is 0.378 e. The van der Waals surface area contributed by atoms with Crippen molar-refractivity contribution in [3.8, 4) is 6.07 Å². The first-order chi connectivity index (χ1) is 9.51. The summed E-state index contributed by atoms with van der Waals surface area (Å²) >= 11 is 0. The van der Waals surface area contributed by atoms with E-state index in [4.69, 9.17) is 11.0 Å². The van der Waals surface area contributed by atoms with E-state index in [1.165, 1.54) is 12.1 Å². The summed E-state index contributed by atoms with van der Waals surface area (Å²) < 4.78 is 0. The smallest absolute Gasteiger partial charge is 0.311 e. The van der Waals surface area contributed by atoms with Crippen LogP contribution in [-0.2, 0) is 0 Å². The maximum atomic E-state index is 10.7. The third-order valence-corrected chi connectivity index (χ3v) is 2.73. The molecule has 0 amide bonds. The first-order valence-corrected chi connectivity index (χ1v) is 5.70. The van der Waals surface area contributed by atoms with E-state index < -0.39 is 4.92 Å². The quantitative estimate of drug-likeness (QED) is 0.652. The number of anilines is 3. The highest BCUT2D eigenvalue weighted by molar-refractivity contribution is 5.66. The third kappa shape index (κ3) is 2.64. The van der Waals surface area contributed by atoms with Crippen LogP contribution in [0.15, 0.2) is 30.3 Å². The predicted molar refractivity (Wildman–Crippen MR) is 74.5 cm³/mol. The molecule has 3 N–H and O–H groups in total. The first-order valence-electron chi connectivity index (χ1n) is 5.70. The number of nitrogens with two attached hydrogens (primary N) is 1. The van der Waals surface area contributed by atoms with Gasteiger partial charge < -0.3 is 11.1 Å². The Morgan fingerprint density at radius 3 is 2.75 bits per heavy atom. The van der Waals surface area contributed by atoms with Crippen LogP contribution >= 0.6 is 0 Å². The van der Waals surface area contributed by atoms with Crippen molar-refractivity contribution >= 4 is 23.0 Å². The number of nitro groups is 1. The van der Waals surface area contributed by atoms with Gasteiger partial charge in [0.1, 0.15) is 5.82 Å². The van der Waals surface area contributed by atoms with Crippen LogP contribution in [0.2, 0.25) is 0 Å². The lowest BCUT2D eigenvalue weighted by Crippen LogP contribution is -2.02. The van der Waals surface area contributed by atoms with Gasteiger partial charge in [0.15, 0.2) is 0 Å². The van der Waals surface area contributed by atoms with Crippen molar-refractivity contribution in [3.05, 3.63) is 51.6 Å². The molecule has 0 aliphatic rings. The molecule has 0 unspecified atom stereocenters. The summed E-state index contributed by atoms with van der Waals surface area (Å²) in [6.07, 6.45) is 0. The number of aryl methyl sites for hydroxylation is 1. The molecule has 7 heteroatoms. The van der Waals surface area contributed by atoms with Gasteiger partial charge in [-0.3, -0.25) is 10.1 Å². The fourth-order valence-corrected chi connectivity index (χ4v) is 1.66. The molecule has 2 aromatic rings. The maximum absolute atomic E-state index is 10.7. The van der Waals surface area contributed by atoms with Crippen LogP contribution in [0.3, 0.4) is 0 Å². The summed E-state index contributed by atoms with van der Waals surface area (Å²) in [4.78, 5) is 14.0. The van der Waals surface area contributed by atoms with Crippen LogP contribution in [0.1, 0.15) is 11.1 Å². The van der Waals surface area contributed by atoms with Gasteiger partial charge in [-0.2, -0.15) is 5.26 Å². The summed E-state index contributed by atoms with van der Waals surface area (Å²) in [5, 5.41) is 22.5. The molecule has 0 saturated heterocycles. The molecule has 1 aromatic heterocycles. The van der Waals surface area contributed by atoms with Gasteiger partial charge in [-0.05, 0) is 30.7 Å². The molecule has 0 atom stereocenters. The number of nitriles is 1. The van der Waals surface area contributed by atoms with Crippen molar-refractivity contribution in [1.29, 1.82) is 5.26 Å². The van der Waals surface area contributed by atoms with Gasteiger partial charge >= 0.3 is 5.69 Å². The first kappa shape index (κ1) is 13.3. The molecular formula is C13H11N5O2. The summed E-state index contributed by atoms with van der Waals surface area (Å²) in [6.45, 7) is 1.87. The molecule has 0 spiro atoms. The van der Waals surface area contributed by atoms with Crippen LogP contribution in [0.25, 0.3) is 0 Å². The average Bonchev–Trinajstić information content (AvgIpc) is 2.41. The van der Waals surface area contributed by atoms with Crippen LogP contribution < -0.4 is 11.1 Å². The zero-order chi connectivity index (χ0) is 14.7. The lowest BCUT2D eigenvalue weighted by molar-refractivity contribution is -0.384. The molecule has 0 radical (unpaired) electrons. The van der Waals surface area contributed by atoms with Gasteiger partial charge in [0.2, 0.25) is 5.82 Å². The molecule has 0 fully saturated rings. The number of rotatable bonds is 3. The molecule has 100 valence electrons. The normalized spacial score (nSPS) is 9.80. The molecule has 0 saturated carbocycles. The van der Waals surface area contributed by atoms with E-state index in [2.05, 4.69) is 10.3 Å². The molecule has 1 heterocycles. The summed E-state index contributed by atoms with van der Waals surface area (Å²) in [7, 11) is 0. The highest BCUT2D eigenvalue weighted by atomic mass is 16.6. The second kappa shape index (κ2) is 5.24. The van der Waals surface area contributed by atoms with E-state index in [9.17, 15) is 10.1 Å². The highest BCUT2D eigenvalue weighted by Crippen LogP contribution is 2.25. The van der Waals surface area contributed by atoms with Crippen molar-refractivity contribution in [2.75, 3.05) is 11.1 Å². The van der Waals surface area contributed by atoms with Gasteiger partial charge in [0, 0.05) is 11.8 Å². The van der Waals surface area contributed by atoms with E-state index in [0.717, 1.165) is 5.56 Å². The Labute approximate surface area is 114 Å². The molecule has 1 aromatic carbocycles. The Hall–Kier alpha value is -3.14. The van der Waals surface area contributed by atoms with Crippen LogP contribution in [0, 0.1) is 28.4 Å². The number of hydrogen-bond donors (Lipinski definition) is 2. The van der Waals surface area contributed by atoms with E-state index in [1.807, 2.05) is 13.0 Å². The summed E-state index contributed by atoms with van der Waals surface area (Å²) in [5.74, 6) is 0.223. The predicted octanol–water partition coefficient (Wildman–Crippen LogP) is 2.50. The number of pyridine rings is 1. The number of nitrogen functional groups attached to an aromatic ring is 1. The number of aromatic nitrogens is 1. The standard InChI is InChI=1S/C13H11N5O2/c1-8-2-3-9(7-14)6-10(8)16-12-5-4-11(18(19)20)13(15)17-12/h2-6H,1H3,(H3,15,16,17). The lowest BCUT2D eigenvalue weighted by Gasteiger charge is -2.09. The molecule has 20 heavy (non-hydrogen) atoms. The van der Waals surface area contributed by atoms with Gasteiger partial charge in [0.25, 0.3) is 0 Å². The minimum absolute atomic E-state index is 0.158. The lowest BCUT2D eigenvalue weighted by atomic mass is 10.1. The van der Waals surface area contributed by atoms with Gasteiger partial charge in [-0.25, -0.2) is 4.98 Å². The average molecular weight is 269 g/mol. The highest BCUT2D eigenvalue weighted by Gasteiger charge is 2.13. The molecule has 7 nitrogen and oxygen atoms in total. The van der Waals surface area contributed by atoms with Crippen molar-refractivity contribution in [3.63, 3.8) is 0 Å². The van der Waals surface area contributed by atoms with Crippen molar-refractivity contribution in [2.24, 2.45) is 0 Å². The molecule has 2 rings (SSSR count). The van der Waals surface area contributed by atoms with Crippen molar-refractivity contribution in [2.45, 2.75) is 6.92 Å². The monoisotopic (exact) mass is 269 g/mol. The molecule has 0 aliphatic heterocycles. The van der Waals surface area contributed by atoms with Crippen LogP contribution in [0.5, 0.6) is 0 Å². The van der Waals surface area contributed by atoms with E-state index >= 15 is 0 Å². The van der Waals surface area contributed by atoms with Crippen molar-refractivity contribution in [1.82, 2.24) is 4.98 Å². The van der Waals surface area contributed by atoms with Crippen LogP contribution in [-0.4, -0.2) is 9.91 Å². The minimum atomic E-state index is -0.590. The van der Waals surface area contributed by atoms with E-state index in [1.54, 1.807) is 18.2 Å². The SMILES string of the molecule is Cc1ccc(C#N)cc1Nc1ccc([N+](=O)[O-])c(N)n1. The van der Waals surface area contributed by atoms with Gasteiger partial charge in [-0.1, -0.05) is 6.07 Å². The minimum Gasteiger partial charge on any atom is -0.378 e. The molecule has 0 aliphatic carbocycles. The molecule has 0 bridgehead atoms. The number of nitrogens with one attached hydrogen (secondary N) is 1. The number of hydrogen-bond acceptors (Lipinski definition) is 6. The van der Waals surface area contributed by atoms with E-state index in [-0.39, 0.29) is 11.5 Å². The second-order valence-electron chi connectivity index (χ2n) is 4.12. The fourth-order valence-electron chi connectivity index (χ4n) is 1.66. The fraction of sp³-hybridized carbons (Fsp3) is 0.0769. The Balaban J connectivity index is 2.33. The topological polar surface area (TPSA) is 118 Å². The van der Waals surface area contributed by atoms with E-state index in [0.29, 0.717) is 17.1 Å². The Morgan fingerprint density at radius 2 is 2.15 bits per heavy atom. The second-order valence-corrected chi connectivity index (χ2v) is 4.12. The Bertz CT molecular complexity index is 721. The molecular weight excluding hydrogens is 258 g/mol. The number of benzene rings is 1. The summed E-state index contributed by atoms with van der Waals surface area (Å²) in [5.41, 5.74) is 7.41. The Morgan fingerprint density at radius 1 is 1.40 bits per heavy atom. The zero-order valence-electron chi connectivity index (χ0n) is 10.6. The number of nitrogens with zero attached hydrogens (tertiary/aromatic N) is 3. The zero-order valence-corrected chi connectivity index (χ0v) is 10.6. The van der Waals surface area contributed by atoms with Crippen molar-refractivity contribution < 1.29 is 4.92 Å².